The van der Waals surface area contributed by atoms with Gasteiger partial charge in [-0.15, -0.1) is 0 Å². The van der Waals surface area contributed by atoms with E-state index in [4.69, 9.17) is 19.7 Å². The number of likely N-dealkylation sites (N-methyl/N-ethyl adjacent to an activating group) is 1. The molecule has 1 aliphatic rings. The van der Waals surface area contributed by atoms with Crippen LogP contribution in [0.4, 0.5) is 22.1 Å². The third-order valence-corrected chi connectivity index (χ3v) is 5.79. The van der Waals surface area contributed by atoms with Gasteiger partial charge in [0, 0.05) is 61.9 Å². The van der Waals surface area contributed by atoms with Crippen LogP contribution in [0.15, 0.2) is 48.8 Å². The molecule has 0 spiro atoms. The maximum absolute atomic E-state index is 12.3. The van der Waals surface area contributed by atoms with E-state index in [2.05, 4.69) is 44.8 Å². The Morgan fingerprint density at radius 3 is 2.35 bits per heavy atom. The molecule has 1 aromatic carbocycles. The average Bonchev–Trinajstić information content (AvgIpc) is 2.92. The van der Waals surface area contributed by atoms with E-state index >= 15 is 0 Å². The van der Waals surface area contributed by atoms with Crippen LogP contribution in [0.1, 0.15) is 12.2 Å². The fourth-order valence-corrected chi connectivity index (χ4v) is 3.78. The van der Waals surface area contributed by atoms with E-state index in [1.165, 1.54) is 0 Å². The summed E-state index contributed by atoms with van der Waals surface area (Å²) in [6.07, 6.45) is 4.95. The van der Waals surface area contributed by atoms with Crippen molar-refractivity contribution >= 4 is 23.4 Å². The van der Waals surface area contributed by atoms with Crippen LogP contribution in [0.5, 0.6) is 0 Å². The van der Waals surface area contributed by atoms with Gasteiger partial charge in [-0.1, -0.05) is 0 Å². The summed E-state index contributed by atoms with van der Waals surface area (Å²) in [5.74, 6) is 2.09. The fourth-order valence-electron chi connectivity index (χ4n) is 3.78. The molecular formula is C26H35N9O2. The summed E-state index contributed by atoms with van der Waals surface area (Å²) < 4.78 is 5.50. The molecule has 1 fully saturated rings. The number of hydrogen-bond acceptors (Lipinski definition) is 9. The van der Waals surface area contributed by atoms with Crippen molar-refractivity contribution in [3.63, 3.8) is 0 Å². The first-order valence-corrected chi connectivity index (χ1v) is 12.6. The third-order valence-electron chi connectivity index (χ3n) is 5.79. The monoisotopic (exact) mass is 505 g/mol. The molecule has 0 radical (unpaired) electrons. The first-order valence-electron chi connectivity index (χ1n) is 12.6. The normalized spacial score (nSPS) is 13.5. The van der Waals surface area contributed by atoms with E-state index in [0.29, 0.717) is 36.4 Å². The molecule has 2 aromatic heterocycles. The van der Waals surface area contributed by atoms with Crippen LogP contribution in [0.3, 0.4) is 0 Å². The second-order valence-corrected chi connectivity index (χ2v) is 9.02. The number of benzene rings is 1. The molecule has 2 amide bonds. The number of amides is 2. The highest BCUT2D eigenvalue weighted by molar-refractivity contribution is 5.99. The van der Waals surface area contributed by atoms with Crippen LogP contribution in [0, 0.1) is 0 Å². The zero-order chi connectivity index (χ0) is 25.9. The van der Waals surface area contributed by atoms with E-state index in [1.807, 2.05) is 24.3 Å². The number of nitrogens with one attached hydrogen (secondary N) is 3. The Morgan fingerprint density at radius 1 is 0.946 bits per heavy atom. The highest BCUT2D eigenvalue weighted by Crippen LogP contribution is 2.21. The van der Waals surface area contributed by atoms with Gasteiger partial charge < -0.3 is 30.5 Å². The van der Waals surface area contributed by atoms with E-state index in [9.17, 15) is 4.79 Å². The summed E-state index contributed by atoms with van der Waals surface area (Å²) in [6.45, 7) is 5.70. The average molecular weight is 506 g/mol. The van der Waals surface area contributed by atoms with E-state index in [1.54, 1.807) is 24.5 Å². The van der Waals surface area contributed by atoms with Crippen LogP contribution < -0.4 is 20.9 Å². The highest BCUT2D eigenvalue weighted by Gasteiger charge is 2.17. The second kappa shape index (κ2) is 13.6. The van der Waals surface area contributed by atoms with Crippen molar-refractivity contribution in [1.29, 1.82) is 0 Å². The molecular weight excluding hydrogens is 470 g/mol. The lowest BCUT2D eigenvalue weighted by Gasteiger charge is -2.27. The number of hydrogen-bond donors (Lipinski definition) is 3. The minimum atomic E-state index is -0.324. The van der Waals surface area contributed by atoms with Crippen molar-refractivity contribution < 1.29 is 9.53 Å². The van der Waals surface area contributed by atoms with Gasteiger partial charge in [0.2, 0.25) is 5.95 Å². The summed E-state index contributed by atoms with van der Waals surface area (Å²) in [5.41, 5.74) is 2.20. The Bertz CT molecular complexity index is 1120. The minimum Gasteiger partial charge on any atom is -0.378 e. The van der Waals surface area contributed by atoms with Crippen molar-refractivity contribution in [1.82, 2.24) is 30.2 Å². The molecule has 1 aliphatic heterocycles. The third kappa shape index (κ3) is 8.45. The van der Waals surface area contributed by atoms with Gasteiger partial charge in [-0.3, -0.25) is 4.98 Å². The van der Waals surface area contributed by atoms with Crippen LogP contribution in [0.2, 0.25) is 0 Å². The molecule has 0 aliphatic carbocycles. The molecule has 3 N–H and O–H groups in total. The molecule has 11 nitrogen and oxygen atoms in total. The standard InChI is InChI=1S/C26H35N9O2/c1-34(2)15-14-27-11-3-4-23-31-24(33-25(32-23)35-16-18-37-19-17-35)20-5-7-21(8-6-20)29-26(36)30-22-9-12-28-13-10-22/h5-10,12-13,27H,3-4,11,14-19H2,1-2H3,(H2,28,29,30,36). The lowest BCUT2D eigenvalue weighted by molar-refractivity contribution is 0.122. The molecule has 1 saturated heterocycles. The Hall–Kier alpha value is -3.67. The number of ether oxygens (including phenoxy) is 1. The number of urea groups is 1. The van der Waals surface area contributed by atoms with Gasteiger partial charge in [-0.05, 0) is 63.5 Å². The van der Waals surface area contributed by atoms with E-state index < -0.39 is 0 Å². The Morgan fingerprint density at radius 2 is 1.65 bits per heavy atom. The number of pyridine rings is 1. The number of aromatic nitrogens is 4. The summed E-state index contributed by atoms with van der Waals surface area (Å²) in [5, 5.41) is 9.08. The SMILES string of the molecule is CN(C)CCNCCCc1nc(-c2ccc(NC(=O)Nc3ccncc3)cc2)nc(N2CCOCC2)n1. The topological polar surface area (TPSA) is 120 Å². The molecule has 196 valence electrons. The Kier molecular flexibility index (Phi) is 9.69. The molecule has 3 aromatic rings. The van der Waals surface area contributed by atoms with Crippen molar-refractivity contribution in [3.8, 4) is 11.4 Å². The van der Waals surface area contributed by atoms with Gasteiger partial charge in [0.25, 0.3) is 0 Å². The lowest BCUT2D eigenvalue weighted by atomic mass is 10.2. The van der Waals surface area contributed by atoms with E-state index in [-0.39, 0.29) is 6.03 Å². The van der Waals surface area contributed by atoms with Crippen LogP contribution in [-0.4, -0.2) is 90.9 Å². The number of nitrogens with zero attached hydrogens (tertiary/aromatic N) is 6. The molecule has 11 heteroatoms. The fraction of sp³-hybridized carbons (Fsp3) is 0.423. The lowest BCUT2D eigenvalue weighted by Crippen LogP contribution is -2.37. The maximum atomic E-state index is 12.3. The number of aryl methyl sites for hydroxylation is 1. The summed E-state index contributed by atoms with van der Waals surface area (Å²) >= 11 is 0. The molecule has 0 saturated carbocycles. The molecule has 4 rings (SSSR count). The van der Waals surface area contributed by atoms with Gasteiger partial charge >= 0.3 is 6.03 Å². The molecule has 0 bridgehead atoms. The Labute approximate surface area is 217 Å². The molecule has 37 heavy (non-hydrogen) atoms. The van der Waals surface area contributed by atoms with Crippen LogP contribution in [0.25, 0.3) is 11.4 Å². The zero-order valence-corrected chi connectivity index (χ0v) is 21.5. The van der Waals surface area contributed by atoms with Crippen molar-refractivity contribution in [2.24, 2.45) is 0 Å². The maximum Gasteiger partial charge on any atom is 0.323 e. The number of carbonyl (C=O) groups excluding carboxylic acids is 1. The van der Waals surface area contributed by atoms with Gasteiger partial charge in [0.15, 0.2) is 5.82 Å². The first kappa shape index (κ1) is 26.4. The van der Waals surface area contributed by atoms with Crippen molar-refractivity contribution in [2.75, 3.05) is 75.6 Å². The predicted molar refractivity (Wildman–Crippen MR) is 145 cm³/mol. The van der Waals surface area contributed by atoms with Crippen LogP contribution >= 0.6 is 0 Å². The van der Waals surface area contributed by atoms with Crippen molar-refractivity contribution in [2.45, 2.75) is 12.8 Å². The summed E-state index contributed by atoms with van der Waals surface area (Å²) in [6, 6.07) is 10.6. The molecule has 0 atom stereocenters. The Balaban J connectivity index is 1.42. The molecule has 0 unspecified atom stereocenters. The second-order valence-electron chi connectivity index (χ2n) is 9.02. The quantitative estimate of drug-likeness (QED) is 0.338. The van der Waals surface area contributed by atoms with Gasteiger partial charge in [-0.2, -0.15) is 9.97 Å². The first-order chi connectivity index (χ1) is 18.1. The summed E-state index contributed by atoms with van der Waals surface area (Å²) in [4.78, 5) is 34.9. The smallest absolute Gasteiger partial charge is 0.323 e. The zero-order valence-electron chi connectivity index (χ0n) is 21.5. The van der Waals surface area contributed by atoms with Gasteiger partial charge in [-0.25, -0.2) is 9.78 Å². The van der Waals surface area contributed by atoms with Gasteiger partial charge in [0.05, 0.1) is 13.2 Å². The largest absolute Gasteiger partial charge is 0.378 e. The number of morpholine rings is 1. The molecule has 3 heterocycles. The van der Waals surface area contributed by atoms with Gasteiger partial charge in [0.1, 0.15) is 5.82 Å². The summed E-state index contributed by atoms with van der Waals surface area (Å²) in [7, 11) is 4.14. The van der Waals surface area contributed by atoms with E-state index in [0.717, 1.165) is 57.0 Å². The number of rotatable bonds is 11. The minimum absolute atomic E-state index is 0.324. The van der Waals surface area contributed by atoms with Crippen molar-refractivity contribution in [3.05, 3.63) is 54.6 Å². The predicted octanol–water partition coefficient (Wildman–Crippen LogP) is 2.50. The number of anilines is 3. The highest BCUT2D eigenvalue weighted by atomic mass is 16.5. The van der Waals surface area contributed by atoms with Crippen LogP contribution in [-0.2, 0) is 11.2 Å². The number of carbonyl (C=O) groups is 1.